The summed E-state index contributed by atoms with van der Waals surface area (Å²) in [5, 5.41) is 3.05. The molecule has 1 N–H and O–H groups in total. The van der Waals surface area contributed by atoms with Gasteiger partial charge in [-0.3, -0.25) is 14.5 Å². The molecular weight excluding hydrogens is 326 g/mol. The van der Waals surface area contributed by atoms with E-state index in [2.05, 4.69) is 41.4 Å². The summed E-state index contributed by atoms with van der Waals surface area (Å²) in [7, 11) is 0. The Hall–Kier alpha value is -1.88. The number of nitrogens with one attached hydrogen (secondary N) is 1. The molecule has 26 heavy (non-hydrogen) atoms. The predicted molar refractivity (Wildman–Crippen MR) is 100 cm³/mol. The maximum Gasteiger partial charge on any atom is 0.234 e. The standard InChI is InChI=1S/C21H29N3O2/c1-16-4-2-5-17(12-16)13-24-10-3-8-21(20(24)26)9-11-23(15-21)14-19(25)22-18-6-7-18/h2,4-5,12,18H,3,6-11,13-15H2,1H3,(H,22,25)/t21-/m0/s1. The zero-order valence-corrected chi connectivity index (χ0v) is 15.7. The van der Waals surface area contributed by atoms with E-state index in [0.717, 1.165) is 51.7 Å². The normalized spacial score (nSPS) is 26.5. The molecule has 2 saturated heterocycles. The van der Waals surface area contributed by atoms with Gasteiger partial charge in [-0.05, 0) is 51.1 Å². The van der Waals surface area contributed by atoms with Crippen molar-refractivity contribution in [1.29, 1.82) is 0 Å². The van der Waals surface area contributed by atoms with E-state index >= 15 is 0 Å². The highest BCUT2D eigenvalue weighted by Gasteiger charge is 2.48. The van der Waals surface area contributed by atoms with E-state index in [1.54, 1.807) is 0 Å². The highest BCUT2D eigenvalue weighted by Crippen LogP contribution is 2.40. The van der Waals surface area contributed by atoms with Gasteiger partial charge in [0.05, 0.1) is 12.0 Å². The van der Waals surface area contributed by atoms with Crippen LogP contribution in [0.4, 0.5) is 0 Å². The Kier molecular flexibility index (Phi) is 4.74. The first-order valence-electron chi connectivity index (χ1n) is 9.91. The minimum atomic E-state index is -0.276. The fourth-order valence-corrected chi connectivity index (χ4v) is 4.51. The quantitative estimate of drug-likeness (QED) is 0.880. The number of carbonyl (C=O) groups excluding carboxylic acids is 2. The molecule has 3 fully saturated rings. The van der Waals surface area contributed by atoms with Gasteiger partial charge in [0.1, 0.15) is 0 Å². The average molecular weight is 355 g/mol. The summed E-state index contributed by atoms with van der Waals surface area (Å²) in [6.07, 6.45) is 5.12. The predicted octanol–water partition coefficient (Wildman–Crippen LogP) is 2.09. The molecule has 5 heteroatoms. The van der Waals surface area contributed by atoms with E-state index in [9.17, 15) is 9.59 Å². The van der Waals surface area contributed by atoms with Crippen molar-refractivity contribution in [2.75, 3.05) is 26.2 Å². The Morgan fingerprint density at radius 1 is 1.27 bits per heavy atom. The lowest BCUT2D eigenvalue weighted by atomic mass is 9.78. The third kappa shape index (κ3) is 3.78. The number of piperidine rings is 1. The minimum Gasteiger partial charge on any atom is -0.352 e. The van der Waals surface area contributed by atoms with Gasteiger partial charge in [0.25, 0.3) is 0 Å². The largest absolute Gasteiger partial charge is 0.352 e. The highest BCUT2D eigenvalue weighted by atomic mass is 16.2. The molecule has 5 nitrogen and oxygen atoms in total. The molecule has 1 spiro atoms. The SMILES string of the molecule is Cc1cccc(CN2CCC[C@@]3(CCN(CC(=O)NC4CC4)C3)C2=O)c1. The van der Waals surface area contributed by atoms with Crippen LogP contribution < -0.4 is 5.32 Å². The van der Waals surface area contributed by atoms with Crippen molar-refractivity contribution in [3.8, 4) is 0 Å². The summed E-state index contributed by atoms with van der Waals surface area (Å²) < 4.78 is 0. The van der Waals surface area contributed by atoms with Crippen LogP contribution >= 0.6 is 0 Å². The van der Waals surface area contributed by atoms with Crippen LogP contribution in [-0.2, 0) is 16.1 Å². The van der Waals surface area contributed by atoms with Gasteiger partial charge in [-0.1, -0.05) is 29.8 Å². The number of nitrogens with zero attached hydrogens (tertiary/aromatic N) is 2. The molecule has 0 radical (unpaired) electrons. The zero-order chi connectivity index (χ0) is 18.1. The summed E-state index contributed by atoms with van der Waals surface area (Å²) in [5.41, 5.74) is 2.16. The Labute approximate surface area is 155 Å². The number of likely N-dealkylation sites (tertiary alicyclic amines) is 2. The molecule has 1 aromatic rings. The average Bonchev–Trinajstić information content (AvgIpc) is 3.32. The second kappa shape index (κ2) is 7.03. The molecule has 0 bridgehead atoms. The second-order valence-electron chi connectivity index (χ2n) is 8.40. The summed E-state index contributed by atoms with van der Waals surface area (Å²) in [4.78, 5) is 29.6. The van der Waals surface area contributed by atoms with Crippen LogP contribution in [0.25, 0.3) is 0 Å². The maximum atomic E-state index is 13.3. The van der Waals surface area contributed by atoms with Crippen molar-refractivity contribution in [1.82, 2.24) is 15.1 Å². The molecule has 1 saturated carbocycles. The molecule has 140 valence electrons. The second-order valence-corrected chi connectivity index (χ2v) is 8.40. The zero-order valence-electron chi connectivity index (χ0n) is 15.7. The van der Waals surface area contributed by atoms with Crippen molar-refractivity contribution < 1.29 is 9.59 Å². The summed E-state index contributed by atoms with van der Waals surface area (Å²) in [6, 6.07) is 8.82. The van der Waals surface area contributed by atoms with Crippen molar-refractivity contribution in [3.63, 3.8) is 0 Å². The van der Waals surface area contributed by atoms with Crippen molar-refractivity contribution in [2.45, 2.75) is 51.6 Å². The van der Waals surface area contributed by atoms with Crippen LogP contribution in [0.15, 0.2) is 24.3 Å². The van der Waals surface area contributed by atoms with E-state index < -0.39 is 0 Å². The third-order valence-corrected chi connectivity index (χ3v) is 6.02. The smallest absolute Gasteiger partial charge is 0.234 e. The lowest BCUT2D eigenvalue weighted by Gasteiger charge is -2.39. The summed E-state index contributed by atoms with van der Waals surface area (Å²) in [6.45, 7) is 5.64. The van der Waals surface area contributed by atoms with E-state index in [1.807, 2.05) is 4.90 Å². The Morgan fingerprint density at radius 3 is 2.88 bits per heavy atom. The first kappa shape index (κ1) is 17.5. The molecule has 3 aliphatic rings. The molecular formula is C21H29N3O2. The monoisotopic (exact) mass is 355 g/mol. The first-order chi connectivity index (χ1) is 12.5. The van der Waals surface area contributed by atoms with Gasteiger partial charge in [-0.25, -0.2) is 0 Å². The Bertz CT molecular complexity index is 700. The molecule has 0 aromatic heterocycles. The Morgan fingerprint density at radius 2 is 2.12 bits per heavy atom. The third-order valence-electron chi connectivity index (χ3n) is 6.02. The number of hydrogen-bond donors (Lipinski definition) is 1. The topological polar surface area (TPSA) is 52.6 Å². The first-order valence-corrected chi connectivity index (χ1v) is 9.91. The van der Waals surface area contributed by atoms with Crippen LogP contribution in [0.3, 0.4) is 0 Å². The lowest BCUT2D eigenvalue weighted by Crippen LogP contribution is -2.50. The van der Waals surface area contributed by atoms with Gasteiger partial charge in [0, 0.05) is 25.7 Å². The van der Waals surface area contributed by atoms with Crippen LogP contribution in [0.1, 0.15) is 43.2 Å². The van der Waals surface area contributed by atoms with Gasteiger partial charge in [-0.15, -0.1) is 0 Å². The number of aryl methyl sites for hydroxylation is 1. The number of hydrogen-bond acceptors (Lipinski definition) is 3. The minimum absolute atomic E-state index is 0.115. The highest BCUT2D eigenvalue weighted by molar-refractivity contribution is 5.84. The molecule has 1 atom stereocenters. The summed E-state index contributed by atoms with van der Waals surface area (Å²) >= 11 is 0. The van der Waals surface area contributed by atoms with Crippen molar-refractivity contribution in [2.24, 2.45) is 5.41 Å². The number of amides is 2. The number of carbonyl (C=O) groups is 2. The van der Waals surface area contributed by atoms with Crippen LogP contribution in [0, 0.1) is 12.3 Å². The fourth-order valence-electron chi connectivity index (χ4n) is 4.51. The molecule has 2 heterocycles. The van der Waals surface area contributed by atoms with E-state index in [0.29, 0.717) is 19.1 Å². The molecule has 2 amide bonds. The molecule has 4 rings (SSSR count). The maximum absolute atomic E-state index is 13.3. The van der Waals surface area contributed by atoms with Crippen LogP contribution in [0.2, 0.25) is 0 Å². The van der Waals surface area contributed by atoms with Gasteiger partial charge < -0.3 is 10.2 Å². The molecule has 0 unspecified atom stereocenters. The number of benzene rings is 1. The molecule has 1 aromatic carbocycles. The summed E-state index contributed by atoms with van der Waals surface area (Å²) in [5.74, 6) is 0.403. The number of rotatable bonds is 5. The van der Waals surface area contributed by atoms with Gasteiger partial charge >= 0.3 is 0 Å². The van der Waals surface area contributed by atoms with Crippen LogP contribution in [0.5, 0.6) is 0 Å². The van der Waals surface area contributed by atoms with Crippen molar-refractivity contribution >= 4 is 11.8 Å². The fraction of sp³-hybridized carbons (Fsp3) is 0.619. The lowest BCUT2D eigenvalue weighted by molar-refractivity contribution is -0.146. The van der Waals surface area contributed by atoms with Crippen molar-refractivity contribution in [3.05, 3.63) is 35.4 Å². The van der Waals surface area contributed by atoms with Gasteiger partial charge in [0.15, 0.2) is 0 Å². The molecule has 2 aliphatic heterocycles. The van der Waals surface area contributed by atoms with Crippen LogP contribution in [-0.4, -0.2) is 53.8 Å². The van der Waals surface area contributed by atoms with Gasteiger partial charge in [0.2, 0.25) is 11.8 Å². The Balaban J connectivity index is 1.38. The van der Waals surface area contributed by atoms with E-state index in [-0.39, 0.29) is 17.2 Å². The van der Waals surface area contributed by atoms with E-state index in [4.69, 9.17) is 0 Å². The van der Waals surface area contributed by atoms with E-state index in [1.165, 1.54) is 11.1 Å². The van der Waals surface area contributed by atoms with Gasteiger partial charge in [-0.2, -0.15) is 0 Å². The molecule has 1 aliphatic carbocycles.